The lowest BCUT2D eigenvalue weighted by Crippen LogP contribution is -2.42. The Balaban J connectivity index is 1.86. The maximum Gasteiger partial charge on any atom is 0.163 e. The minimum atomic E-state index is -0.827. The summed E-state index contributed by atoms with van der Waals surface area (Å²) in [6, 6.07) is 4.29. The van der Waals surface area contributed by atoms with Crippen molar-refractivity contribution in [3.8, 4) is 0 Å². The molecule has 0 amide bonds. The number of nitrogens with zero attached hydrogens (tertiary/aromatic N) is 2. The molecule has 1 fully saturated rings. The molecule has 1 atom stereocenters. The smallest absolute Gasteiger partial charge is 0.163 e. The molecule has 1 unspecified atom stereocenters. The van der Waals surface area contributed by atoms with E-state index in [-0.39, 0.29) is 5.56 Å². The number of rotatable bonds is 5. The van der Waals surface area contributed by atoms with Crippen molar-refractivity contribution < 1.29 is 8.78 Å². The quantitative estimate of drug-likeness (QED) is 0.906. The lowest BCUT2D eigenvalue weighted by atomic mass is 10.0. The Hall–Kier alpha value is -1.04. The van der Waals surface area contributed by atoms with Crippen LogP contribution >= 0.6 is 0 Å². The predicted octanol–water partition coefficient (Wildman–Crippen LogP) is 2.38. The fourth-order valence-electron chi connectivity index (χ4n) is 2.92. The predicted molar refractivity (Wildman–Crippen MR) is 81.1 cm³/mol. The number of hydrogen-bond donors (Lipinski definition) is 1. The second-order valence-electron chi connectivity index (χ2n) is 6.05. The van der Waals surface area contributed by atoms with E-state index in [2.05, 4.69) is 23.9 Å². The lowest BCUT2D eigenvalue weighted by molar-refractivity contribution is 0.141. The Bertz CT molecular complexity index is 459. The van der Waals surface area contributed by atoms with Crippen LogP contribution < -0.4 is 5.73 Å². The minimum absolute atomic E-state index is 0.270. The Morgan fingerprint density at radius 3 is 2.67 bits per heavy atom. The molecule has 21 heavy (non-hydrogen) atoms. The molecule has 0 radical (unpaired) electrons. The van der Waals surface area contributed by atoms with Crippen molar-refractivity contribution in [3.63, 3.8) is 0 Å². The summed E-state index contributed by atoms with van der Waals surface area (Å²) in [7, 11) is 4.23. The van der Waals surface area contributed by atoms with Crippen LogP contribution in [0.3, 0.4) is 0 Å². The normalized spacial score (nSPS) is 19.1. The van der Waals surface area contributed by atoms with Gasteiger partial charge in [-0.2, -0.15) is 0 Å². The Kier molecular flexibility index (Phi) is 5.67. The first-order chi connectivity index (χ1) is 9.99. The largest absolute Gasteiger partial charge is 0.324 e. The first kappa shape index (κ1) is 16.3. The highest BCUT2D eigenvalue weighted by Crippen LogP contribution is 2.21. The summed E-state index contributed by atoms with van der Waals surface area (Å²) in [5.41, 5.74) is 6.29. The van der Waals surface area contributed by atoms with Crippen molar-refractivity contribution in [1.29, 1.82) is 0 Å². The fraction of sp³-hybridized carbons (Fsp3) is 0.625. The first-order valence-corrected chi connectivity index (χ1v) is 7.57. The molecular formula is C16H25F2N3. The number of nitrogens with two attached hydrogens (primary N) is 1. The van der Waals surface area contributed by atoms with Crippen LogP contribution in [0.5, 0.6) is 0 Å². The van der Waals surface area contributed by atoms with E-state index in [0.717, 1.165) is 38.5 Å². The second-order valence-corrected chi connectivity index (χ2v) is 6.05. The van der Waals surface area contributed by atoms with Gasteiger partial charge in [0.25, 0.3) is 0 Å². The van der Waals surface area contributed by atoms with Crippen LogP contribution in [0, 0.1) is 11.6 Å². The third-order valence-corrected chi connectivity index (χ3v) is 4.49. The SMILES string of the molecule is CN1CCC(N(C)CCC(N)c2cccc(F)c2F)CC1. The van der Waals surface area contributed by atoms with Gasteiger partial charge in [0, 0.05) is 17.6 Å². The zero-order valence-corrected chi connectivity index (χ0v) is 12.9. The topological polar surface area (TPSA) is 32.5 Å². The molecule has 2 N–H and O–H groups in total. The van der Waals surface area contributed by atoms with Crippen LogP contribution in [0.1, 0.15) is 30.9 Å². The molecule has 0 aliphatic carbocycles. The van der Waals surface area contributed by atoms with Gasteiger partial charge in [-0.15, -0.1) is 0 Å². The van der Waals surface area contributed by atoms with E-state index >= 15 is 0 Å². The zero-order valence-electron chi connectivity index (χ0n) is 12.9. The number of benzene rings is 1. The van der Waals surface area contributed by atoms with Crippen LogP contribution in [-0.2, 0) is 0 Å². The van der Waals surface area contributed by atoms with Crippen molar-refractivity contribution >= 4 is 0 Å². The number of piperidine rings is 1. The molecule has 1 aromatic rings. The highest BCUT2D eigenvalue weighted by atomic mass is 19.2. The Morgan fingerprint density at radius 1 is 1.33 bits per heavy atom. The molecule has 3 nitrogen and oxygen atoms in total. The van der Waals surface area contributed by atoms with Crippen molar-refractivity contribution in [2.45, 2.75) is 31.3 Å². The summed E-state index contributed by atoms with van der Waals surface area (Å²) < 4.78 is 26.9. The van der Waals surface area contributed by atoms with E-state index in [9.17, 15) is 8.78 Å². The van der Waals surface area contributed by atoms with Gasteiger partial charge in [-0.25, -0.2) is 8.78 Å². The lowest BCUT2D eigenvalue weighted by Gasteiger charge is -2.35. The van der Waals surface area contributed by atoms with Gasteiger partial charge in [0.15, 0.2) is 11.6 Å². The van der Waals surface area contributed by atoms with E-state index in [4.69, 9.17) is 5.73 Å². The summed E-state index contributed by atoms with van der Waals surface area (Å²) in [6.07, 6.45) is 2.93. The van der Waals surface area contributed by atoms with E-state index in [1.807, 2.05) is 0 Å². The Labute approximate surface area is 125 Å². The summed E-state index contributed by atoms with van der Waals surface area (Å²) in [6.45, 7) is 3.02. The van der Waals surface area contributed by atoms with E-state index in [0.29, 0.717) is 12.5 Å². The molecule has 1 aliphatic rings. The van der Waals surface area contributed by atoms with Crippen molar-refractivity contribution in [3.05, 3.63) is 35.4 Å². The van der Waals surface area contributed by atoms with E-state index in [1.165, 1.54) is 6.07 Å². The summed E-state index contributed by atoms with van der Waals surface area (Å²) in [5.74, 6) is -1.64. The molecule has 0 aromatic heterocycles. The average Bonchev–Trinajstić information content (AvgIpc) is 2.48. The van der Waals surface area contributed by atoms with Crippen molar-refractivity contribution in [2.24, 2.45) is 5.73 Å². The first-order valence-electron chi connectivity index (χ1n) is 7.57. The highest BCUT2D eigenvalue weighted by molar-refractivity contribution is 5.22. The molecule has 1 aliphatic heterocycles. The molecule has 0 saturated carbocycles. The van der Waals surface area contributed by atoms with Crippen LogP contribution in [-0.4, -0.2) is 49.6 Å². The molecule has 0 spiro atoms. The second kappa shape index (κ2) is 7.29. The van der Waals surface area contributed by atoms with Gasteiger partial charge in [0.2, 0.25) is 0 Å². The molecule has 2 rings (SSSR count). The molecule has 5 heteroatoms. The third-order valence-electron chi connectivity index (χ3n) is 4.49. The molecule has 0 bridgehead atoms. The summed E-state index contributed by atoms with van der Waals surface area (Å²) in [4.78, 5) is 4.63. The maximum absolute atomic E-state index is 13.7. The van der Waals surface area contributed by atoms with Crippen molar-refractivity contribution in [1.82, 2.24) is 9.80 Å². The third kappa shape index (κ3) is 4.22. The number of hydrogen-bond acceptors (Lipinski definition) is 3. The summed E-state index contributed by atoms with van der Waals surface area (Å²) >= 11 is 0. The van der Waals surface area contributed by atoms with Gasteiger partial charge in [-0.1, -0.05) is 12.1 Å². The maximum atomic E-state index is 13.7. The van der Waals surface area contributed by atoms with E-state index in [1.54, 1.807) is 6.07 Å². The van der Waals surface area contributed by atoms with E-state index < -0.39 is 17.7 Å². The van der Waals surface area contributed by atoms with Crippen LogP contribution in [0.2, 0.25) is 0 Å². The van der Waals surface area contributed by atoms with Gasteiger partial charge in [0.05, 0.1) is 0 Å². The minimum Gasteiger partial charge on any atom is -0.324 e. The molecule has 1 saturated heterocycles. The average molecular weight is 297 g/mol. The number of likely N-dealkylation sites (tertiary alicyclic amines) is 1. The van der Waals surface area contributed by atoms with Gasteiger partial charge in [-0.05, 0) is 59.1 Å². The fourth-order valence-corrected chi connectivity index (χ4v) is 2.92. The number of halogens is 2. The highest BCUT2D eigenvalue weighted by Gasteiger charge is 2.21. The monoisotopic (exact) mass is 297 g/mol. The van der Waals surface area contributed by atoms with Gasteiger partial charge >= 0.3 is 0 Å². The van der Waals surface area contributed by atoms with Crippen LogP contribution in [0.25, 0.3) is 0 Å². The molecule has 1 aromatic carbocycles. The van der Waals surface area contributed by atoms with Gasteiger partial charge in [0.1, 0.15) is 0 Å². The zero-order chi connectivity index (χ0) is 15.4. The molecular weight excluding hydrogens is 272 g/mol. The standard InChI is InChI=1S/C16H25F2N3/c1-20-9-6-12(7-10-20)21(2)11-8-15(19)13-4-3-5-14(17)16(13)18/h3-5,12,15H,6-11,19H2,1-2H3. The van der Waals surface area contributed by atoms with Crippen LogP contribution in [0.4, 0.5) is 8.78 Å². The van der Waals surface area contributed by atoms with Crippen molar-refractivity contribution in [2.75, 3.05) is 33.7 Å². The van der Waals surface area contributed by atoms with Gasteiger partial charge < -0.3 is 15.5 Å². The summed E-state index contributed by atoms with van der Waals surface area (Å²) in [5, 5.41) is 0. The Morgan fingerprint density at radius 2 is 2.00 bits per heavy atom. The van der Waals surface area contributed by atoms with Gasteiger partial charge in [-0.3, -0.25) is 0 Å². The molecule has 1 heterocycles. The van der Waals surface area contributed by atoms with Crippen LogP contribution in [0.15, 0.2) is 18.2 Å². The molecule has 118 valence electrons.